The minimum Gasteiger partial charge on any atom is -0.393 e. The third-order valence-electron chi connectivity index (χ3n) is 1.73. The Balaban J connectivity index is 2.92. The van der Waals surface area contributed by atoms with Crippen molar-refractivity contribution in [2.75, 3.05) is 0 Å². The molecule has 0 saturated heterocycles. The van der Waals surface area contributed by atoms with Gasteiger partial charge in [0, 0.05) is 5.56 Å². The van der Waals surface area contributed by atoms with E-state index in [0.717, 1.165) is 12.3 Å². The predicted molar refractivity (Wildman–Crippen MR) is 55.3 cm³/mol. The smallest absolute Gasteiger partial charge is 0.393 e. The summed E-state index contributed by atoms with van der Waals surface area (Å²) in [7, 11) is 0. The van der Waals surface area contributed by atoms with Crippen molar-refractivity contribution in [2.24, 2.45) is 5.16 Å². The number of nitrogens with zero attached hydrogens (tertiary/aromatic N) is 1. The molecule has 0 N–H and O–H groups in total. The average Bonchev–Trinajstić information content (AvgIpc) is 2.16. The highest BCUT2D eigenvalue weighted by Gasteiger charge is 2.32. The van der Waals surface area contributed by atoms with Gasteiger partial charge in [0.05, 0.1) is 11.8 Å². The lowest BCUT2D eigenvalue weighted by atomic mass is 10.1. The molecule has 0 aliphatic heterocycles. The lowest BCUT2D eigenvalue weighted by Crippen LogP contribution is -2.08. The van der Waals surface area contributed by atoms with Crippen LogP contribution < -0.4 is 0 Å². The van der Waals surface area contributed by atoms with Gasteiger partial charge >= 0.3 is 6.18 Å². The van der Waals surface area contributed by atoms with Crippen LogP contribution >= 0.6 is 0 Å². The van der Waals surface area contributed by atoms with E-state index in [0.29, 0.717) is 0 Å². The number of hydrogen-bond donors (Lipinski definition) is 0. The summed E-state index contributed by atoms with van der Waals surface area (Å²) in [5.41, 5.74) is -0.721. The normalized spacial score (nSPS) is 12.4. The minimum absolute atomic E-state index is 0.00403. The minimum atomic E-state index is -4.37. The Morgan fingerprint density at radius 1 is 1.25 bits per heavy atom. The summed E-state index contributed by atoms with van der Waals surface area (Å²) in [6.07, 6.45) is -3.46. The maximum absolute atomic E-state index is 12.5. The van der Waals surface area contributed by atoms with Gasteiger partial charge in [0.25, 0.3) is 0 Å². The molecule has 0 aromatic heterocycles. The van der Waals surface area contributed by atoms with Crippen LogP contribution in [0.1, 0.15) is 25.0 Å². The lowest BCUT2D eigenvalue weighted by molar-refractivity contribution is -0.137. The molecule has 1 rings (SSSR count). The van der Waals surface area contributed by atoms with Crippen LogP contribution in [0.25, 0.3) is 0 Å². The molecular weight excluding hydrogens is 219 g/mol. The Morgan fingerprint density at radius 2 is 1.88 bits per heavy atom. The summed E-state index contributed by atoms with van der Waals surface area (Å²) in [5.74, 6) is 0. The fraction of sp³-hybridized carbons (Fsp3) is 0.364. The Hall–Kier alpha value is -1.52. The molecule has 0 bridgehead atoms. The van der Waals surface area contributed by atoms with Crippen molar-refractivity contribution in [1.82, 2.24) is 0 Å². The van der Waals surface area contributed by atoms with Gasteiger partial charge in [-0.3, -0.25) is 0 Å². The second-order valence-corrected chi connectivity index (χ2v) is 3.47. The second kappa shape index (κ2) is 5.01. The summed E-state index contributed by atoms with van der Waals surface area (Å²) in [5, 5.41) is 3.49. The number of alkyl halides is 3. The predicted octanol–water partition coefficient (Wildman–Crippen LogP) is 3.46. The van der Waals surface area contributed by atoms with Crippen LogP contribution in [0.15, 0.2) is 29.4 Å². The summed E-state index contributed by atoms with van der Waals surface area (Å²) >= 11 is 0. The monoisotopic (exact) mass is 231 g/mol. The number of oxime groups is 1. The van der Waals surface area contributed by atoms with Gasteiger partial charge in [-0.05, 0) is 19.9 Å². The first-order valence-corrected chi connectivity index (χ1v) is 4.76. The maximum atomic E-state index is 12.5. The molecule has 16 heavy (non-hydrogen) atoms. The van der Waals surface area contributed by atoms with Gasteiger partial charge in [-0.2, -0.15) is 13.2 Å². The molecule has 0 heterocycles. The van der Waals surface area contributed by atoms with Gasteiger partial charge in [-0.25, -0.2) is 0 Å². The molecule has 2 nitrogen and oxygen atoms in total. The van der Waals surface area contributed by atoms with Crippen LogP contribution in [0.5, 0.6) is 0 Å². The second-order valence-electron chi connectivity index (χ2n) is 3.47. The van der Waals surface area contributed by atoms with Crippen molar-refractivity contribution in [3.05, 3.63) is 35.4 Å². The summed E-state index contributed by atoms with van der Waals surface area (Å²) in [4.78, 5) is 4.82. The molecule has 0 aliphatic carbocycles. The van der Waals surface area contributed by atoms with Crippen LogP contribution in [0.3, 0.4) is 0 Å². The van der Waals surface area contributed by atoms with Gasteiger partial charge in [0.2, 0.25) is 0 Å². The maximum Gasteiger partial charge on any atom is 0.417 e. The van der Waals surface area contributed by atoms with E-state index in [2.05, 4.69) is 5.16 Å². The van der Waals surface area contributed by atoms with E-state index in [-0.39, 0.29) is 11.7 Å². The van der Waals surface area contributed by atoms with Crippen molar-refractivity contribution in [1.29, 1.82) is 0 Å². The fourth-order valence-electron chi connectivity index (χ4n) is 1.08. The van der Waals surface area contributed by atoms with Gasteiger partial charge < -0.3 is 4.84 Å². The Morgan fingerprint density at radius 3 is 2.44 bits per heavy atom. The van der Waals surface area contributed by atoms with Gasteiger partial charge in [-0.15, -0.1) is 0 Å². The van der Waals surface area contributed by atoms with Crippen molar-refractivity contribution in [2.45, 2.75) is 26.1 Å². The lowest BCUT2D eigenvalue weighted by Gasteiger charge is -2.09. The zero-order chi connectivity index (χ0) is 12.2. The number of halogens is 3. The van der Waals surface area contributed by atoms with Gasteiger partial charge in [-0.1, -0.05) is 23.4 Å². The van der Waals surface area contributed by atoms with Crippen LogP contribution in [0.4, 0.5) is 13.2 Å². The van der Waals surface area contributed by atoms with Crippen LogP contribution in [-0.4, -0.2) is 12.3 Å². The molecule has 1 aromatic carbocycles. The van der Waals surface area contributed by atoms with E-state index >= 15 is 0 Å². The third-order valence-corrected chi connectivity index (χ3v) is 1.73. The van der Waals surface area contributed by atoms with E-state index in [4.69, 9.17) is 4.84 Å². The van der Waals surface area contributed by atoms with E-state index < -0.39 is 11.7 Å². The van der Waals surface area contributed by atoms with Crippen molar-refractivity contribution in [3.8, 4) is 0 Å². The number of hydrogen-bond acceptors (Lipinski definition) is 2. The summed E-state index contributed by atoms with van der Waals surface area (Å²) < 4.78 is 37.6. The van der Waals surface area contributed by atoms with Crippen molar-refractivity contribution >= 4 is 6.21 Å². The van der Waals surface area contributed by atoms with Gasteiger partial charge in [0.15, 0.2) is 0 Å². The fourth-order valence-corrected chi connectivity index (χ4v) is 1.08. The molecular formula is C11H12F3NO. The number of benzene rings is 1. The van der Waals surface area contributed by atoms with Crippen molar-refractivity contribution < 1.29 is 18.0 Å². The molecule has 0 saturated carbocycles. The summed E-state index contributed by atoms with van der Waals surface area (Å²) in [6, 6.07) is 5.21. The Kier molecular flexibility index (Phi) is 3.93. The standard InChI is InChI=1S/C11H12F3NO/c1-8(2)16-15-7-9-5-3-4-6-10(9)11(12,13)14/h3-8H,1-2H3. The molecule has 88 valence electrons. The zero-order valence-electron chi connectivity index (χ0n) is 8.95. The Labute approximate surface area is 91.7 Å². The van der Waals surface area contributed by atoms with E-state index in [1.165, 1.54) is 18.2 Å². The Bertz CT molecular complexity index is 372. The van der Waals surface area contributed by atoms with Gasteiger partial charge in [0.1, 0.15) is 6.10 Å². The molecule has 0 unspecified atom stereocenters. The van der Waals surface area contributed by atoms with E-state index in [1.807, 2.05) is 0 Å². The molecule has 0 radical (unpaired) electrons. The third kappa shape index (κ3) is 3.56. The quantitative estimate of drug-likeness (QED) is 0.576. The average molecular weight is 231 g/mol. The summed E-state index contributed by atoms with van der Waals surface area (Å²) in [6.45, 7) is 3.49. The van der Waals surface area contributed by atoms with Crippen LogP contribution in [-0.2, 0) is 11.0 Å². The van der Waals surface area contributed by atoms with E-state index in [1.54, 1.807) is 13.8 Å². The highest BCUT2D eigenvalue weighted by Crippen LogP contribution is 2.31. The molecule has 0 aliphatic rings. The topological polar surface area (TPSA) is 21.6 Å². The van der Waals surface area contributed by atoms with Crippen LogP contribution in [0, 0.1) is 0 Å². The highest BCUT2D eigenvalue weighted by molar-refractivity contribution is 5.81. The SMILES string of the molecule is CC(C)ON=Cc1ccccc1C(F)(F)F. The first kappa shape index (κ1) is 12.5. The van der Waals surface area contributed by atoms with Crippen LogP contribution in [0.2, 0.25) is 0 Å². The molecule has 0 atom stereocenters. The van der Waals surface area contributed by atoms with Crippen molar-refractivity contribution in [3.63, 3.8) is 0 Å². The molecule has 0 spiro atoms. The zero-order valence-corrected chi connectivity index (χ0v) is 8.95. The molecule has 1 aromatic rings. The number of rotatable bonds is 3. The van der Waals surface area contributed by atoms with E-state index in [9.17, 15) is 13.2 Å². The first-order valence-electron chi connectivity index (χ1n) is 4.76. The highest BCUT2D eigenvalue weighted by atomic mass is 19.4. The molecule has 0 fully saturated rings. The molecule has 0 amide bonds. The first-order chi connectivity index (χ1) is 7.41. The molecule has 5 heteroatoms. The largest absolute Gasteiger partial charge is 0.417 e.